The van der Waals surface area contributed by atoms with Gasteiger partial charge in [-0.2, -0.15) is 0 Å². The van der Waals surface area contributed by atoms with E-state index < -0.39 is 5.41 Å². The lowest BCUT2D eigenvalue weighted by atomic mass is 9.68. The molecule has 0 aliphatic heterocycles. The van der Waals surface area contributed by atoms with Crippen LogP contribution in [-0.4, -0.2) is 0 Å². The average molecular weight is 764 g/mol. The van der Waals surface area contributed by atoms with Crippen molar-refractivity contribution in [3.05, 3.63) is 271 Å². The van der Waals surface area contributed by atoms with E-state index in [4.69, 9.17) is 0 Å². The molecule has 11 rings (SSSR count). The van der Waals surface area contributed by atoms with Crippen LogP contribution in [0.15, 0.2) is 249 Å². The summed E-state index contributed by atoms with van der Waals surface area (Å²) in [5.74, 6) is 0. The summed E-state index contributed by atoms with van der Waals surface area (Å²) in [5, 5.41) is 2.44. The van der Waals surface area contributed by atoms with Gasteiger partial charge in [-0.3, -0.25) is 0 Å². The fourth-order valence-corrected chi connectivity index (χ4v) is 9.65. The predicted molar refractivity (Wildman–Crippen MR) is 252 cm³/mol. The molecule has 10 aromatic carbocycles. The van der Waals surface area contributed by atoms with Crippen molar-refractivity contribution in [2.75, 3.05) is 4.90 Å². The van der Waals surface area contributed by atoms with Gasteiger partial charge in [0.2, 0.25) is 0 Å². The summed E-state index contributed by atoms with van der Waals surface area (Å²) < 4.78 is 0. The van der Waals surface area contributed by atoms with Crippen molar-refractivity contribution in [2.24, 2.45) is 0 Å². The predicted octanol–water partition coefficient (Wildman–Crippen LogP) is 15.7. The van der Waals surface area contributed by atoms with Gasteiger partial charge in [0.1, 0.15) is 0 Å². The molecule has 0 bridgehead atoms. The molecule has 0 fully saturated rings. The van der Waals surface area contributed by atoms with Crippen LogP contribution >= 0.6 is 0 Å². The van der Waals surface area contributed by atoms with E-state index in [2.05, 4.69) is 254 Å². The first kappa shape index (κ1) is 35.4. The van der Waals surface area contributed by atoms with E-state index in [9.17, 15) is 0 Å². The Labute approximate surface area is 352 Å². The molecule has 10 aromatic rings. The lowest BCUT2D eigenvalue weighted by molar-refractivity contribution is 0.768. The van der Waals surface area contributed by atoms with E-state index in [0.717, 1.165) is 17.1 Å². The molecule has 0 saturated carbocycles. The SMILES string of the molecule is c1ccc(-c2ccc(-c3ccc(N(c4ccc5c(c4)-c4ccccc4C5(c4ccccc4)c4ccccc4)c4ccc5ccccc5c4-c4ccccc4)cc3)cc2)cc1. The minimum absolute atomic E-state index is 0.465. The van der Waals surface area contributed by atoms with E-state index >= 15 is 0 Å². The van der Waals surface area contributed by atoms with Crippen molar-refractivity contribution in [2.45, 2.75) is 5.41 Å². The number of nitrogens with zero attached hydrogens (tertiary/aromatic N) is 1. The van der Waals surface area contributed by atoms with Crippen LogP contribution in [0.4, 0.5) is 17.1 Å². The summed E-state index contributed by atoms with van der Waals surface area (Å²) in [7, 11) is 0. The van der Waals surface area contributed by atoms with Crippen LogP contribution in [-0.2, 0) is 5.41 Å². The van der Waals surface area contributed by atoms with Crippen molar-refractivity contribution in [1.29, 1.82) is 0 Å². The molecule has 0 saturated heterocycles. The van der Waals surface area contributed by atoms with Crippen molar-refractivity contribution < 1.29 is 0 Å². The van der Waals surface area contributed by atoms with E-state index in [1.54, 1.807) is 0 Å². The molecule has 0 radical (unpaired) electrons. The molecule has 0 heterocycles. The minimum Gasteiger partial charge on any atom is -0.310 e. The molecule has 0 N–H and O–H groups in total. The van der Waals surface area contributed by atoms with Gasteiger partial charge in [-0.05, 0) is 102 Å². The van der Waals surface area contributed by atoms with Crippen LogP contribution in [0.5, 0.6) is 0 Å². The maximum atomic E-state index is 2.46. The summed E-state index contributed by atoms with van der Waals surface area (Å²) in [6.07, 6.45) is 0. The topological polar surface area (TPSA) is 3.24 Å². The van der Waals surface area contributed by atoms with Crippen molar-refractivity contribution in [1.82, 2.24) is 0 Å². The number of rotatable bonds is 8. The van der Waals surface area contributed by atoms with Gasteiger partial charge in [0.15, 0.2) is 0 Å². The molecule has 60 heavy (non-hydrogen) atoms. The maximum Gasteiger partial charge on any atom is 0.0713 e. The summed E-state index contributed by atoms with van der Waals surface area (Å²) in [5.41, 5.74) is 17.7. The van der Waals surface area contributed by atoms with Crippen LogP contribution in [0.25, 0.3) is 55.3 Å². The van der Waals surface area contributed by atoms with Gasteiger partial charge in [0, 0.05) is 16.9 Å². The first-order valence-electron chi connectivity index (χ1n) is 20.8. The number of hydrogen-bond acceptors (Lipinski definition) is 1. The molecule has 1 nitrogen and oxygen atoms in total. The largest absolute Gasteiger partial charge is 0.310 e. The first-order valence-corrected chi connectivity index (χ1v) is 20.8. The highest BCUT2D eigenvalue weighted by Crippen LogP contribution is 2.57. The third kappa shape index (κ3) is 5.86. The second-order valence-electron chi connectivity index (χ2n) is 15.6. The molecular weight excluding hydrogens is 723 g/mol. The second-order valence-corrected chi connectivity index (χ2v) is 15.6. The van der Waals surface area contributed by atoms with Gasteiger partial charge >= 0.3 is 0 Å². The fourth-order valence-electron chi connectivity index (χ4n) is 9.65. The lowest BCUT2D eigenvalue weighted by Gasteiger charge is -2.34. The zero-order chi connectivity index (χ0) is 39.9. The average Bonchev–Trinajstić information content (AvgIpc) is 3.63. The van der Waals surface area contributed by atoms with Gasteiger partial charge in [0.25, 0.3) is 0 Å². The molecule has 0 amide bonds. The molecule has 0 spiro atoms. The van der Waals surface area contributed by atoms with Crippen LogP contribution in [0.2, 0.25) is 0 Å². The highest BCUT2D eigenvalue weighted by atomic mass is 15.1. The van der Waals surface area contributed by atoms with Crippen molar-refractivity contribution >= 4 is 27.8 Å². The Hall–Kier alpha value is -7.74. The number of hydrogen-bond donors (Lipinski definition) is 0. The molecule has 0 aromatic heterocycles. The van der Waals surface area contributed by atoms with Crippen LogP contribution < -0.4 is 4.90 Å². The molecular formula is C59H41N. The van der Waals surface area contributed by atoms with E-state index in [1.165, 1.54) is 77.5 Å². The number of anilines is 3. The van der Waals surface area contributed by atoms with Crippen LogP contribution in [0, 0.1) is 0 Å². The normalized spacial score (nSPS) is 12.5. The quantitative estimate of drug-likeness (QED) is 0.149. The Morgan fingerprint density at radius 3 is 1.40 bits per heavy atom. The van der Waals surface area contributed by atoms with E-state index in [0.29, 0.717) is 0 Å². The summed E-state index contributed by atoms with van der Waals surface area (Å²) in [6, 6.07) is 91.0. The molecule has 0 unspecified atom stereocenters. The van der Waals surface area contributed by atoms with Gasteiger partial charge in [-0.15, -0.1) is 0 Å². The molecule has 282 valence electrons. The van der Waals surface area contributed by atoms with Crippen LogP contribution in [0.1, 0.15) is 22.3 Å². The smallest absolute Gasteiger partial charge is 0.0713 e. The molecule has 1 aliphatic rings. The Balaban J connectivity index is 1.12. The lowest BCUT2D eigenvalue weighted by Crippen LogP contribution is -2.28. The Kier molecular flexibility index (Phi) is 8.79. The monoisotopic (exact) mass is 763 g/mol. The Bertz CT molecular complexity index is 3060. The highest BCUT2D eigenvalue weighted by molar-refractivity contribution is 6.05. The Morgan fingerprint density at radius 2 is 0.767 bits per heavy atom. The third-order valence-electron chi connectivity index (χ3n) is 12.4. The molecule has 1 heteroatoms. The van der Waals surface area contributed by atoms with E-state index in [1.807, 2.05) is 0 Å². The third-order valence-corrected chi connectivity index (χ3v) is 12.4. The minimum atomic E-state index is -0.465. The highest BCUT2D eigenvalue weighted by Gasteiger charge is 2.46. The van der Waals surface area contributed by atoms with Crippen molar-refractivity contribution in [3.8, 4) is 44.5 Å². The van der Waals surface area contributed by atoms with E-state index in [-0.39, 0.29) is 0 Å². The molecule has 1 aliphatic carbocycles. The summed E-state index contributed by atoms with van der Waals surface area (Å²) >= 11 is 0. The summed E-state index contributed by atoms with van der Waals surface area (Å²) in [6.45, 7) is 0. The standard InChI is InChI=1S/C59H41N/c1-5-17-42(18-6-1)43-29-31-44(32-30-43)45-33-36-50(37-34-45)60(57-40-35-46-19-13-14-26-52(46)58(57)47-20-7-2-8-21-47)51-38-39-56-54(41-51)53-27-15-16-28-55(53)59(56,48-22-9-3-10-23-48)49-24-11-4-12-25-49/h1-41H. The van der Waals surface area contributed by atoms with Gasteiger partial charge in [0.05, 0.1) is 11.1 Å². The zero-order valence-electron chi connectivity index (χ0n) is 33.1. The van der Waals surface area contributed by atoms with Gasteiger partial charge in [-0.1, -0.05) is 218 Å². The fraction of sp³-hybridized carbons (Fsp3) is 0.0169. The first-order chi connectivity index (χ1) is 29.8. The van der Waals surface area contributed by atoms with Gasteiger partial charge in [-0.25, -0.2) is 0 Å². The zero-order valence-corrected chi connectivity index (χ0v) is 33.1. The second kappa shape index (κ2) is 14.9. The van der Waals surface area contributed by atoms with Crippen LogP contribution in [0.3, 0.4) is 0 Å². The maximum absolute atomic E-state index is 2.46. The number of fused-ring (bicyclic) bond motifs is 4. The number of benzene rings is 10. The molecule has 0 atom stereocenters. The summed E-state index contributed by atoms with van der Waals surface area (Å²) in [4.78, 5) is 2.46. The van der Waals surface area contributed by atoms with Gasteiger partial charge < -0.3 is 4.90 Å². The van der Waals surface area contributed by atoms with Crippen molar-refractivity contribution in [3.63, 3.8) is 0 Å². The Morgan fingerprint density at radius 1 is 0.300 bits per heavy atom.